The first-order valence-electron chi connectivity index (χ1n) is 6.70. The van der Waals surface area contributed by atoms with E-state index in [0.717, 1.165) is 0 Å². The van der Waals surface area contributed by atoms with Crippen LogP contribution in [0.3, 0.4) is 0 Å². The summed E-state index contributed by atoms with van der Waals surface area (Å²) in [7, 11) is 1.34. The molecule has 0 bridgehead atoms. The Morgan fingerprint density at radius 3 is 2.62 bits per heavy atom. The van der Waals surface area contributed by atoms with E-state index >= 15 is 0 Å². The topological polar surface area (TPSA) is 73.6 Å². The maximum Gasteiger partial charge on any atom is 0.387 e. The predicted octanol–water partition coefficient (Wildman–Crippen LogP) is 4.47. The van der Waals surface area contributed by atoms with Crippen molar-refractivity contribution < 1.29 is 23.2 Å². The molecule has 0 saturated heterocycles. The fourth-order valence-corrected chi connectivity index (χ4v) is 2.17. The Kier molecular flexibility index (Phi) is 5.75. The molecule has 2 rings (SSSR count). The highest BCUT2D eigenvalue weighted by Gasteiger charge is 2.13. The molecule has 0 amide bonds. The molecular formula is C15H13ClF2N2O4. The first-order valence-corrected chi connectivity index (χ1v) is 7.08. The molecule has 0 aliphatic heterocycles. The average molecular weight is 359 g/mol. The number of nitrogens with one attached hydrogen (secondary N) is 1. The van der Waals surface area contributed by atoms with Crippen LogP contribution in [0.1, 0.15) is 5.56 Å². The number of nitrogens with zero attached hydrogens (tertiary/aromatic N) is 1. The minimum atomic E-state index is -2.95. The van der Waals surface area contributed by atoms with Gasteiger partial charge in [-0.2, -0.15) is 8.78 Å². The molecular weight excluding hydrogens is 346 g/mol. The Morgan fingerprint density at radius 1 is 1.25 bits per heavy atom. The fraction of sp³-hybridized carbons (Fsp3) is 0.200. The van der Waals surface area contributed by atoms with Crippen LogP contribution in [0.4, 0.5) is 20.2 Å². The highest BCUT2D eigenvalue weighted by atomic mass is 35.5. The third kappa shape index (κ3) is 4.45. The van der Waals surface area contributed by atoms with E-state index < -0.39 is 11.5 Å². The molecule has 0 atom stereocenters. The lowest BCUT2D eigenvalue weighted by Gasteiger charge is -2.12. The van der Waals surface area contributed by atoms with Crippen molar-refractivity contribution in [2.24, 2.45) is 0 Å². The summed E-state index contributed by atoms with van der Waals surface area (Å²) in [6.07, 6.45) is 0. The van der Waals surface area contributed by atoms with Gasteiger partial charge in [-0.25, -0.2) is 0 Å². The van der Waals surface area contributed by atoms with Crippen LogP contribution in [0.25, 0.3) is 0 Å². The van der Waals surface area contributed by atoms with Gasteiger partial charge in [0, 0.05) is 18.3 Å². The van der Waals surface area contributed by atoms with Crippen LogP contribution in [0.15, 0.2) is 36.4 Å². The molecule has 0 saturated carbocycles. The van der Waals surface area contributed by atoms with Gasteiger partial charge in [0.05, 0.1) is 12.0 Å². The van der Waals surface area contributed by atoms with Gasteiger partial charge in [0.25, 0.3) is 5.69 Å². The highest BCUT2D eigenvalue weighted by molar-refractivity contribution is 6.32. The van der Waals surface area contributed by atoms with Gasteiger partial charge in [0.15, 0.2) is 11.5 Å². The van der Waals surface area contributed by atoms with Crippen molar-refractivity contribution in [1.29, 1.82) is 0 Å². The molecule has 2 aromatic rings. The summed E-state index contributed by atoms with van der Waals surface area (Å²) < 4.78 is 33.9. The smallest absolute Gasteiger partial charge is 0.387 e. The fourth-order valence-electron chi connectivity index (χ4n) is 1.98. The summed E-state index contributed by atoms with van der Waals surface area (Å²) >= 11 is 5.75. The Balaban J connectivity index is 2.12. The normalized spacial score (nSPS) is 10.5. The molecule has 9 heteroatoms. The largest absolute Gasteiger partial charge is 0.493 e. The summed E-state index contributed by atoms with van der Waals surface area (Å²) in [5, 5.41) is 13.9. The number of hydrogen-bond acceptors (Lipinski definition) is 5. The Hall–Kier alpha value is -2.61. The summed E-state index contributed by atoms with van der Waals surface area (Å²) in [4.78, 5) is 10.3. The number of alkyl halides is 2. The number of ether oxygens (including phenoxy) is 2. The van der Waals surface area contributed by atoms with Crippen molar-refractivity contribution >= 4 is 23.0 Å². The van der Waals surface area contributed by atoms with Gasteiger partial charge >= 0.3 is 6.61 Å². The maximum absolute atomic E-state index is 12.3. The summed E-state index contributed by atoms with van der Waals surface area (Å²) in [5.41, 5.74) is 1.00. The second-order valence-corrected chi connectivity index (χ2v) is 5.05. The van der Waals surface area contributed by atoms with Crippen molar-refractivity contribution in [3.05, 3.63) is 57.1 Å². The number of hydrogen-bond donors (Lipinski definition) is 1. The molecule has 0 aromatic heterocycles. The van der Waals surface area contributed by atoms with Crippen LogP contribution < -0.4 is 14.8 Å². The lowest BCUT2D eigenvalue weighted by Crippen LogP contribution is -2.05. The van der Waals surface area contributed by atoms with Gasteiger partial charge in [-0.15, -0.1) is 0 Å². The van der Waals surface area contributed by atoms with Crippen LogP contribution in [-0.4, -0.2) is 18.6 Å². The van der Waals surface area contributed by atoms with Crippen molar-refractivity contribution in [2.45, 2.75) is 13.2 Å². The monoisotopic (exact) mass is 358 g/mol. The van der Waals surface area contributed by atoms with Gasteiger partial charge in [-0.3, -0.25) is 10.1 Å². The Bertz CT molecular complexity index is 743. The standard InChI is InChI=1S/C15H13ClF2N2O4/c1-23-14-6-9(2-5-13(14)24-15(17)18)8-19-10-3-4-11(16)12(7-10)20(21)22/h2-7,15,19H,8H2,1H3. The second-order valence-electron chi connectivity index (χ2n) is 4.64. The third-order valence-electron chi connectivity index (χ3n) is 3.08. The molecule has 128 valence electrons. The van der Waals surface area contributed by atoms with E-state index in [4.69, 9.17) is 16.3 Å². The summed E-state index contributed by atoms with van der Waals surface area (Å²) in [6, 6.07) is 8.82. The van der Waals surface area contributed by atoms with Crippen molar-refractivity contribution in [3.8, 4) is 11.5 Å². The van der Waals surface area contributed by atoms with Gasteiger partial charge in [0.2, 0.25) is 0 Å². The zero-order chi connectivity index (χ0) is 17.7. The number of nitro groups is 1. The third-order valence-corrected chi connectivity index (χ3v) is 3.40. The first kappa shape index (κ1) is 17.7. The molecule has 0 spiro atoms. The molecule has 0 radical (unpaired) electrons. The molecule has 2 aromatic carbocycles. The van der Waals surface area contributed by atoms with Crippen LogP contribution >= 0.6 is 11.6 Å². The number of nitro benzene ring substituents is 1. The number of halogens is 3. The van der Waals surface area contributed by atoms with Crippen molar-refractivity contribution in [3.63, 3.8) is 0 Å². The number of benzene rings is 2. The molecule has 24 heavy (non-hydrogen) atoms. The highest BCUT2D eigenvalue weighted by Crippen LogP contribution is 2.30. The number of methoxy groups -OCH3 is 1. The molecule has 1 N–H and O–H groups in total. The van der Waals surface area contributed by atoms with Gasteiger partial charge in [-0.05, 0) is 29.8 Å². The molecule has 6 nitrogen and oxygen atoms in total. The Morgan fingerprint density at radius 2 is 2.00 bits per heavy atom. The minimum absolute atomic E-state index is 0.0423. The van der Waals surface area contributed by atoms with E-state index in [9.17, 15) is 18.9 Å². The molecule has 0 unspecified atom stereocenters. The number of anilines is 1. The lowest BCUT2D eigenvalue weighted by molar-refractivity contribution is -0.384. The van der Waals surface area contributed by atoms with E-state index in [1.807, 2.05) is 0 Å². The van der Waals surface area contributed by atoms with E-state index in [1.54, 1.807) is 12.1 Å². The quantitative estimate of drug-likeness (QED) is 0.584. The van der Waals surface area contributed by atoms with Crippen LogP contribution in [0.5, 0.6) is 11.5 Å². The predicted molar refractivity (Wildman–Crippen MR) is 85.1 cm³/mol. The van der Waals surface area contributed by atoms with Crippen LogP contribution in [0, 0.1) is 10.1 Å². The minimum Gasteiger partial charge on any atom is -0.493 e. The van der Waals surface area contributed by atoms with Gasteiger partial charge in [0.1, 0.15) is 5.02 Å². The van der Waals surface area contributed by atoms with E-state index in [-0.39, 0.29) is 22.2 Å². The zero-order valence-electron chi connectivity index (χ0n) is 12.5. The first-order chi connectivity index (χ1) is 11.4. The van der Waals surface area contributed by atoms with Gasteiger partial charge < -0.3 is 14.8 Å². The summed E-state index contributed by atoms with van der Waals surface area (Å²) in [5.74, 6) is 0.0927. The Labute approximate surface area is 141 Å². The lowest BCUT2D eigenvalue weighted by atomic mass is 10.2. The maximum atomic E-state index is 12.3. The second kappa shape index (κ2) is 7.78. The molecule has 0 fully saturated rings. The molecule has 0 heterocycles. The number of rotatable bonds is 7. The van der Waals surface area contributed by atoms with E-state index in [0.29, 0.717) is 17.8 Å². The SMILES string of the molecule is COc1cc(CNc2ccc(Cl)c([N+](=O)[O-])c2)ccc1OC(F)F. The van der Waals surface area contributed by atoms with E-state index in [2.05, 4.69) is 10.1 Å². The van der Waals surface area contributed by atoms with Crippen LogP contribution in [-0.2, 0) is 6.54 Å². The van der Waals surface area contributed by atoms with Crippen LogP contribution in [0.2, 0.25) is 5.02 Å². The van der Waals surface area contributed by atoms with Crippen molar-refractivity contribution in [1.82, 2.24) is 0 Å². The zero-order valence-corrected chi connectivity index (χ0v) is 13.2. The van der Waals surface area contributed by atoms with E-state index in [1.165, 1.54) is 31.4 Å². The average Bonchev–Trinajstić information content (AvgIpc) is 2.54. The molecule has 0 aliphatic carbocycles. The van der Waals surface area contributed by atoms with Crippen molar-refractivity contribution in [2.75, 3.05) is 12.4 Å². The summed E-state index contributed by atoms with van der Waals surface area (Å²) in [6.45, 7) is -2.65. The van der Waals surface area contributed by atoms with Gasteiger partial charge in [-0.1, -0.05) is 17.7 Å². The molecule has 0 aliphatic rings.